The van der Waals surface area contributed by atoms with Crippen LogP contribution in [0, 0.1) is 53.3 Å². The first-order valence-electron chi connectivity index (χ1n) is 47.1. The van der Waals surface area contributed by atoms with Crippen LogP contribution in [0.3, 0.4) is 0 Å². The number of hydrogen-bond acceptors (Lipinski definition) is 22. The van der Waals surface area contributed by atoms with Crippen LogP contribution in [0.25, 0.3) is 0 Å². The van der Waals surface area contributed by atoms with Crippen LogP contribution >= 0.6 is 0 Å². The number of carbonyl (C=O) groups is 15. The molecule has 37 heteroatoms. The average Bonchev–Trinajstić information content (AvgIpc) is 0.850. The first-order valence-corrected chi connectivity index (χ1v) is 47.1. The number of carboxylic acids is 1. The summed E-state index contributed by atoms with van der Waals surface area (Å²) < 4.78 is 0. The van der Waals surface area contributed by atoms with E-state index in [1.807, 2.05) is 125 Å². The van der Waals surface area contributed by atoms with Gasteiger partial charge in [0, 0.05) is 0 Å². The zero-order valence-corrected chi connectivity index (χ0v) is 80.3. The summed E-state index contributed by atoms with van der Waals surface area (Å²) in [6, 6.07) is -18.4. The summed E-state index contributed by atoms with van der Waals surface area (Å²) in [6.45, 7) is 34.7. The van der Waals surface area contributed by atoms with E-state index < -0.39 is 179 Å². The first kappa shape index (κ1) is 119. The van der Waals surface area contributed by atoms with Crippen LogP contribution in [0.15, 0.2) is 0 Å². The molecule has 127 heavy (non-hydrogen) atoms. The van der Waals surface area contributed by atoms with Crippen molar-refractivity contribution in [2.24, 2.45) is 93.4 Å². The van der Waals surface area contributed by atoms with E-state index in [2.05, 4.69) is 74.4 Å². The first-order chi connectivity index (χ1) is 59.7. The number of aliphatic carboxylic acids is 1. The number of nitrogens with one attached hydrogen (secondary N) is 14. The Morgan fingerprint density at radius 2 is 0.299 bits per heavy atom. The fraction of sp³-hybridized carbons (Fsp3) is 0.833. The summed E-state index contributed by atoms with van der Waals surface area (Å²) in [5.74, 6) is -12.6. The van der Waals surface area contributed by atoms with Gasteiger partial charge >= 0.3 is 5.97 Å². The van der Waals surface area contributed by atoms with Crippen molar-refractivity contribution in [2.45, 2.75) is 389 Å². The van der Waals surface area contributed by atoms with Crippen molar-refractivity contribution >= 4 is 88.7 Å². The monoisotopic (exact) mass is 1800 g/mol. The van der Waals surface area contributed by atoms with E-state index in [0.717, 1.165) is 0 Å². The fourth-order valence-electron chi connectivity index (χ4n) is 14.6. The van der Waals surface area contributed by atoms with Crippen LogP contribution in [0.1, 0.15) is 298 Å². The maximum absolute atomic E-state index is 14.9. The largest absolute Gasteiger partial charge is 0.480 e. The maximum atomic E-state index is 14.9. The van der Waals surface area contributed by atoms with Gasteiger partial charge in [-0.15, -0.1) is 0 Å². The Kier molecular flexibility index (Phi) is 61.9. The number of carbonyl (C=O) groups excluding carboxylic acids is 14. The lowest BCUT2D eigenvalue weighted by atomic mass is 9.98. The van der Waals surface area contributed by atoms with Crippen molar-refractivity contribution < 1.29 is 77.0 Å². The molecule has 0 aromatic rings. The lowest BCUT2D eigenvalue weighted by Crippen LogP contribution is -2.61. The third kappa shape index (κ3) is 52.3. The minimum absolute atomic E-state index is 0.0212. The molecule has 0 rings (SSSR count). The van der Waals surface area contributed by atoms with E-state index in [4.69, 9.17) is 40.1 Å². The molecule has 0 aromatic carbocycles. The van der Waals surface area contributed by atoms with Gasteiger partial charge in [-0.3, -0.25) is 67.1 Å². The number of amides is 14. The SMILES string of the molecule is CC(C)C[C@H](NC(=O)[C@H](CC(C)C)NC(=O)[C@@H](CCCCN)NC(=O)[C@H](CC(C)C)NC(=O)[C@H](CC(C)C)NC(=O)[C@H](CCCCN)NC(=O)[C@@H](CCCCN)NC(=O)[C@@H](CC(C)C)NC(=O)[C@H](CC(C)C)NC(=O)[C@@H](CCCCN)NC(=O)[C@H](CCCCN)NC(=O)[C@H](CC(C)C)NC(=O)[C@@H](CC(C)C)NC(=O)[C@H](CCCCN)NC(=O)[C@@H](N)CC(C)C)C(=O)O. The molecule has 0 unspecified atom stereocenters. The fourth-order valence-corrected chi connectivity index (χ4v) is 14.6. The minimum Gasteiger partial charge on any atom is -0.480 e. The molecule has 0 aromatic heterocycles. The number of hydrogen-bond donors (Lipinski definition) is 22. The molecule has 0 aliphatic heterocycles. The third-order valence-electron chi connectivity index (χ3n) is 21.2. The van der Waals surface area contributed by atoms with Crippen molar-refractivity contribution in [1.82, 2.24) is 74.4 Å². The summed E-state index contributed by atoms with van der Waals surface area (Å²) in [5.41, 5.74) is 41.6. The quantitative estimate of drug-likeness (QED) is 0.0389. The molecule has 15 atom stereocenters. The Morgan fingerprint density at radius 1 is 0.181 bits per heavy atom. The zero-order chi connectivity index (χ0) is 96.8. The van der Waals surface area contributed by atoms with E-state index in [1.54, 1.807) is 0 Å². The van der Waals surface area contributed by atoms with Crippen LogP contribution in [0.2, 0.25) is 0 Å². The predicted octanol–water partition coefficient (Wildman–Crippen LogP) is 2.37. The zero-order valence-electron chi connectivity index (χ0n) is 80.3. The maximum Gasteiger partial charge on any atom is 0.326 e. The minimum atomic E-state index is -1.33. The predicted molar refractivity (Wildman–Crippen MR) is 495 cm³/mol. The van der Waals surface area contributed by atoms with E-state index in [0.29, 0.717) is 90.0 Å². The summed E-state index contributed by atoms with van der Waals surface area (Å²) in [5, 5.41) is 49.2. The van der Waals surface area contributed by atoms with Gasteiger partial charge < -0.3 is 120 Å². The molecule has 734 valence electrons. The molecule has 37 nitrogen and oxygen atoms in total. The van der Waals surface area contributed by atoms with Crippen LogP contribution in [0.4, 0.5) is 0 Å². The van der Waals surface area contributed by atoms with Crippen molar-refractivity contribution in [3.63, 3.8) is 0 Å². The van der Waals surface area contributed by atoms with Gasteiger partial charge in [0.2, 0.25) is 82.7 Å². The number of unbranched alkanes of at least 4 members (excludes halogenated alkanes) is 6. The van der Waals surface area contributed by atoms with Gasteiger partial charge in [-0.05, 0) is 266 Å². The van der Waals surface area contributed by atoms with Crippen LogP contribution < -0.4 is 115 Å². The molecule has 0 bridgehead atoms. The molecule has 29 N–H and O–H groups in total. The lowest BCUT2D eigenvalue weighted by Gasteiger charge is -2.30. The molecular formula is C90H173N21O16. The van der Waals surface area contributed by atoms with E-state index >= 15 is 0 Å². The molecule has 14 amide bonds. The Balaban J connectivity index is 7.47. The molecule has 0 radical (unpaired) electrons. The molecule has 0 heterocycles. The lowest BCUT2D eigenvalue weighted by molar-refractivity contribution is -0.143. The van der Waals surface area contributed by atoms with E-state index in [-0.39, 0.29) is 176 Å². The van der Waals surface area contributed by atoms with Crippen molar-refractivity contribution in [2.75, 3.05) is 39.3 Å². The molecule has 0 aliphatic carbocycles. The average molecular weight is 1810 g/mol. The molecule has 0 spiro atoms. The van der Waals surface area contributed by atoms with Gasteiger partial charge in [-0.1, -0.05) is 125 Å². The van der Waals surface area contributed by atoms with E-state index in [9.17, 15) is 77.0 Å². The van der Waals surface area contributed by atoms with Gasteiger partial charge in [0.05, 0.1) is 6.04 Å². The highest BCUT2D eigenvalue weighted by atomic mass is 16.4. The Morgan fingerprint density at radius 3 is 0.433 bits per heavy atom. The summed E-state index contributed by atoms with van der Waals surface area (Å²) in [6.07, 6.45) is 6.58. The van der Waals surface area contributed by atoms with Gasteiger partial charge in [0.1, 0.15) is 84.6 Å². The summed E-state index contributed by atoms with van der Waals surface area (Å²) >= 11 is 0. The highest BCUT2D eigenvalue weighted by molar-refractivity contribution is 6.00. The number of rotatable bonds is 71. The van der Waals surface area contributed by atoms with Gasteiger partial charge in [-0.2, -0.15) is 0 Å². The van der Waals surface area contributed by atoms with Gasteiger partial charge in [0.25, 0.3) is 0 Å². The molecule has 0 saturated carbocycles. The topological polar surface area (TPSA) is 627 Å². The Hall–Kier alpha value is -8.23. The molecule has 0 aliphatic rings. The van der Waals surface area contributed by atoms with Gasteiger partial charge in [-0.25, -0.2) is 4.79 Å². The van der Waals surface area contributed by atoms with Crippen molar-refractivity contribution in [3.05, 3.63) is 0 Å². The molecular weight excluding hydrogens is 1630 g/mol. The second kappa shape index (κ2) is 66.2. The van der Waals surface area contributed by atoms with E-state index in [1.165, 1.54) is 0 Å². The standard InChI is InChI=1S/C90H173N21O16/c1-52(2)43-61(97)76(112)98-62(31-19-25-37-91)79(115)104-71(47-56(9)10)86(122)108-68(44-53(3)4)83(119)101-63(32-20-26-38-92)77(113)99-65(34-22-28-40-94)80(116)105-72(48-57(11)12)87(123)109-69(45-54(5)6)84(120)102-64(33-21-27-39-93)78(114)100-66(35-23-29-41-95)81(117)106-73(49-58(13)14)88(124)110-70(46-55(7)8)85(121)103-67(36-24-30-42-96)82(118)107-74(50-59(15)16)89(125)111-75(90(126)127)51-60(17)18/h52-75H,19-51,91-97H2,1-18H3,(H,98,112)(H,99,113)(H,100,114)(H,101,119)(H,102,120)(H,103,121)(H,104,115)(H,105,116)(H,106,117)(H,107,118)(H,108,122)(H,109,123)(H,110,124)(H,111,125)(H,126,127)/t61-,62-,63-,64+,65+,66-,67+,68-,69+,70-,71+,72-,73-,74-,75-/m0/s1. The Labute approximate surface area is 758 Å². The number of carboxylic acid groups (broad SMARTS) is 1. The highest BCUT2D eigenvalue weighted by Crippen LogP contribution is 2.20. The number of nitrogens with two attached hydrogens (primary N) is 7. The smallest absolute Gasteiger partial charge is 0.326 e. The van der Waals surface area contributed by atoms with Crippen molar-refractivity contribution in [3.8, 4) is 0 Å². The van der Waals surface area contributed by atoms with Crippen LogP contribution in [-0.4, -0.2) is 224 Å². The summed E-state index contributed by atoms with van der Waals surface area (Å²) in [4.78, 5) is 215. The molecule has 0 saturated heterocycles. The third-order valence-corrected chi connectivity index (χ3v) is 21.2. The summed E-state index contributed by atoms with van der Waals surface area (Å²) in [7, 11) is 0. The second-order valence-electron chi connectivity index (χ2n) is 38.2. The van der Waals surface area contributed by atoms with Crippen LogP contribution in [-0.2, 0) is 71.9 Å². The van der Waals surface area contributed by atoms with Crippen molar-refractivity contribution in [1.29, 1.82) is 0 Å². The second-order valence-corrected chi connectivity index (χ2v) is 38.2. The highest BCUT2D eigenvalue weighted by Gasteiger charge is 2.40. The van der Waals surface area contributed by atoms with Gasteiger partial charge in [0.15, 0.2) is 0 Å². The Bertz CT molecular complexity index is 3280. The normalized spacial score (nSPS) is 15.3. The molecule has 0 fully saturated rings. The van der Waals surface area contributed by atoms with Crippen LogP contribution in [0.5, 0.6) is 0 Å².